The average Bonchev–Trinajstić information content (AvgIpc) is 2.36. The van der Waals surface area contributed by atoms with Crippen molar-refractivity contribution in [2.45, 2.75) is 11.8 Å². The number of sulfonamides is 1. The summed E-state index contributed by atoms with van der Waals surface area (Å²) in [5, 5.41) is 0. The lowest BCUT2D eigenvalue weighted by atomic mass is 10.2. The van der Waals surface area contributed by atoms with Gasteiger partial charge in [0.05, 0.1) is 13.2 Å². The maximum atomic E-state index is 13.7. The van der Waals surface area contributed by atoms with Gasteiger partial charge in [0.2, 0.25) is 15.9 Å². The van der Waals surface area contributed by atoms with Crippen LogP contribution in [-0.4, -0.2) is 45.4 Å². The third-order valence-corrected chi connectivity index (χ3v) is 4.44. The minimum Gasteiger partial charge on any atom is -0.383 e. The largest absolute Gasteiger partial charge is 0.383 e. The van der Waals surface area contributed by atoms with Crippen LogP contribution in [0.25, 0.3) is 0 Å². The van der Waals surface area contributed by atoms with Crippen molar-refractivity contribution >= 4 is 15.9 Å². The Hall–Kier alpha value is -1.51. The van der Waals surface area contributed by atoms with Crippen molar-refractivity contribution in [1.29, 1.82) is 0 Å². The summed E-state index contributed by atoms with van der Waals surface area (Å²) in [6.45, 7) is 1.10. The summed E-state index contributed by atoms with van der Waals surface area (Å²) >= 11 is 0. The van der Waals surface area contributed by atoms with Crippen molar-refractivity contribution < 1.29 is 22.3 Å². The van der Waals surface area contributed by atoms with E-state index in [4.69, 9.17) is 10.5 Å². The van der Waals surface area contributed by atoms with Gasteiger partial charge < -0.3 is 10.5 Å². The fourth-order valence-corrected chi connectivity index (χ4v) is 3.14. The van der Waals surface area contributed by atoms with Gasteiger partial charge in [-0.1, -0.05) is 6.07 Å². The van der Waals surface area contributed by atoms with E-state index in [2.05, 4.69) is 0 Å². The number of halogens is 1. The van der Waals surface area contributed by atoms with Crippen LogP contribution in [0.3, 0.4) is 0 Å². The fourth-order valence-electron chi connectivity index (χ4n) is 1.60. The molecule has 0 unspecified atom stereocenters. The third kappa shape index (κ3) is 3.99. The number of benzene rings is 1. The number of hydrogen-bond donors (Lipinski definition) is 1. The number of amides is 1. The number of carbonyl (C=O) groups excluding carboxylic acids is 1. The van der Waals surface area contributed by atoms with Gasteiger partial charge in [-0.2, -0.15) is 4.31 Å². The van der Waals surface area contributed by atoms with Crippen molar-refractivity contribution in [3.63, 3.8) is 0 Å². The predicted octanol–water partition coefficient (Wildman–Crippen LogP) is 0.257. The van der Waals surface area contributed by atoms with Gasteiger partial charge in [0, 0.05) is 13.7 Å². The van der Waals surface area contributed by atoms with Crippen molar-refractivity contribution in [3.05, 3.63) is 29.6 Å². The molecule has 0 aliphatic carbocycles. The van der Waals surface area contributed by atoms with E-state index in [9.17, 15) is 17.6 Å². The number of nitrogens with zero attached hydrogens (tertiary/aromatic N) is 1. The molecule has 2 N–H and O–H groups in total. The lowest BCUT2D eigenvalue weighted by molar-refractivity contribution is -0.118. The number of carbonyl (C=O) groups is 1. The van der Waals surface area contributed by atoms with Gasteiger partial charge in [0.15, 0.2) is 0 Å². The Morgan fingerprint density at radius 2 is 2.10 bits per heavy atom. The summed E-state index contributed by atoms with van der Waals surface area (Å²) in [5.41, 5.74) is 5.62. The third-order valence-electron chi connectivity index (χ3n) is 2.58. The summed E-state index contributed by atoms with van der Waals surface area (Å²) in [7, 11) is -2.75. The second-order valence-corrected chi connectivity index (χ2v) is 6.14. The first kappa shape index (κ1) is 16.5. The molecule has 112 valence electrons. The summed E-state index contributed by atoms with van der Waals surface area (Å²) in [5.74, 6) is -1.69. The number of methoxy groups -OCH3 is 1. The van der Waals surface area contributed by atoms with Crippen LogP contribution in [0.5, 0.6) is 0 Å². The maximum absolute atomic E-state index is 13.7. The van der Waals surface area contributed by atoms with Crippen LogP contribution in [0, 0.1) is 12.7 Å². The Kier molecular flexibility index (Phi) is 5.61. The second-order valence-electron chi connectivity index (χ2n) is 4.23. The predicted molar refractivity (Wildman–Crippen MR) is 71.0 cm³/mol. The molecule has 0 aliphatic heterocycles. The van der Waals surface area contributed by atoms with Gasteiger partial charge in [-0.25, -0.2) is 12.8 Å². The Labute approximate surface area is 117 Å². The van der Waals surface area contributed by atoms with Crippen LogP contribution in [-0.2, 0) is 19.6 Å². The van der Waals surface area contributed by atoms with E-state index in [0.717, 1.165) is 10.4 Å². The molecule has 1 aromatic carbocycles. The molecule has 0 saturated carbocycles. The highest BCUT2D eigenvalue weighted by Crippen LogP contribution is 2.20. The summed E-state index contributed by atoms with van der Waals surface area (Å²) < 4.78 is 44.1. The summed E-state index contributed by atoms with van der Waals surface area (Å²) in [6.07, 6.45) is 0. The highest BCUT2D eigenvalue weighted by Gasteiger charge is 2.28. The highest BCUT2D eigenvalue weighted by molar-refractivity contribution is 7.89. The topological polar surface area (TPSA) is 89.7 Å². The highest BCUT2D eigenvalue weighted by atomic mass is 32.2. The van der Waals surface area contributed by atoms with E-state index in [1.807, 2.05) is 0 Å². The summed E-state index contributed by atoms with van der Waals surface area (Å²) in [6, 6.07) is 3.74. The molecule has 0 aromatic heterocycles. The Balaban J connectivity index is 3.20. The molecule has 1 rings (SSSR count). The average molecular weight is 304 g/mol. The quantitative estimate of drug-likeness (QED) is 0.782. The Bertz CT molecular complexity index is 589. The molecule has 6 nitrogen and oxygen atoms in total. The lowest BCUT2D eigenvalue weighted by Gasteiger charge is -2.20. The first-order valence-corrected chi connectivity index (χ1v) is 7.26. The number of aryl methyl sites for hydroxylation is 1. The van der Waals surface area contributed by atoms with Crippen molar-refractivity contribution in [2.75, 3.05) is 26.8 Å². The number of nitrogens with two attached hydrogens (primary N) is 1. The molecule has 0 saturated heterocycles. The number of rotatable bonds is 7. The summed E-state index contributed by atoms with van der Waals surface area (Å²) in [4.78, 5) is 10.5. The van der Waals surface area contributed by atoms with Crippen molar-refractivity contribution in [2.24, 2.45) is 5.73 Å². The zero-order valence-corrected chi connectivity index (χ0v) is 12.1. The molecule has 0 fully saturated rings. The zero-order chi connectivity index (χ0) is 15.3. The second kappa shape index (κ2) is 6.78. The van der Waals surface area contributed by atoms with Gasteiger partial charge in [-0.3, -0.25) is 4.79 Å². The van der Waals surface area contributed by atoms with Crippen LogP contribution in [0.4, 0.5) is 4.39 Å². The molecule has 20 heavy (non-hydrogen) atoms. The van der Waals surface area contributed by atoms with E-state index in [-0.39, 0.29) is 13.2 Å². The van der Waals surface area contributed by atoms with E-state index in [1.54, 1.807) is 6.92 Å². The lowest BCUT2D eigenvalue weighted by Crippen LogP contribution is -2.40. The molecule has 0 atom stereocenters. The fraction of sp³-hybridized carbons (Fsp3) is 0.417. The minimum atomic E-state index is -4.14. The van der Waals surface area contributed by atoms with E-state index in [0.29, 0.717) is 5.56 Å². The van der Waals surface area contributed by atoms with E-state index >= 15 is 0 Å². The van der Waals surface area contributed by atoms with E-state index in [1.165, 1.54) is 19.2 Å². The molecule has 0 radical (unpaired) electrons. The molecule has 1 amide bonds. The molecule has 0 spiro atoms. The van der Waals surface area contributed by atoms with Crippen LogP contribution in [0.1, 0.15) is 5.56 Å². The molecular formula is C12H17FN2O4S. The van der Waals surface area contributed by atoms with Gasteiger partial charge in [-0.05, 0) is 24.6 Å². The van der Waals surface area contributed by atoms with Crippen molar-refractivity contribution in [3.8, 4) is 0 Å². The van der Waals surface area contributed by atoms with Crippen LogP contribution >= 0.6 is 0 Å². The Morgan fingerprint density at radius 3 is 2.65 bits per heavy atom. The minimum absolute atomic E-state index is 0.0694. The SMILES string of the molecule is COCCN(CC(N)=O)S(=O)(=O)c1cc(C)ccc1F. The van der Waals surface area contributed by atoms with Gasteiger partial charge in [0.1, 0.15) is 10.7 Å². The number of primary amides is 1. The molecular weight excluding hydrogens is 287 g/mol. The van der Waals surface area contributed by atoms with Gasteiger partial charge >= 0.3 is 0 Å². The molecule has 0 bridgehead atoms. The Morgan fingerprint density at radius 1 is 1.45 bits per heavy atom. The standard InChI is InChI=1S/C12H17FN2O4S/c1-9-3-4-10(13)11(7-9)20(17,18)15(5-6-19-2)8-12(14)16/h3-4,7H,5-6,8H2,1-2H3,(H2,14,16). The van der Waals surface area contributed by atoms with Crippen molar-refractivity contribution in [1.82, 2.24) is 4.31 Å². The van der Waals surface area contributed by atoms with E-state index < -0.39 is 33.2 Å². The van der Waals surface area contributed by atoms with Crippen LogP contribution in [0.2, 0.25) is 0 Å². The molecule has 0 heterocycles. The number of ether oxygens (including phenoxy) is 1. The normalized spacial score (nSPS) is 11.8. The smallest absolute Gasteiger partial charge is 0.246 e. The van der Waals surface area contributed by atoms with Crippen LogP contribution in [0.15, 0.2) is 23.1 Å². The molecule has 1 aromatic rings. The molecule has 8 heteroatoms. The molecule has 0 aliphatic rings. The first-order valence-electron chi connectivity index (χ1n) is 5.82. The van der Waals surface area contributed by atoms with Gasteiger partial charge in [0.25, 0.3) is 0 Å². The number of hydrogen-bond acceptors (Lipinski definition) is 4. The monoisotopic (exact) mass is 304 g/mol. The van der Waals surface area contributed by atoms with Crippen LogP contribution < -0.4 is 5.73 Å². The van der Waals surface area contributed by atoms with Gasteiger partial charge in [-0.15, -0.1) is 0 Å². The first-order chi connectivity index (χ1) is 9.28. The maximum Gasteiger partial charge on any atom is 0.246 e. The zero-order valence-electron chi connectivity index (χ0n) is 11.3.